The van der Waals surface area contributed by atoms with Gasteiger partial charge in [0.2, 0.25) is 5.95 Å². The van der Waals surface area contributed by atoms with Gasteiger partial charge >= 0.3 is 0 Å². The highest BCUT2D eigenvalue weighted by atomic mass is 32.2. The molecule has 0 amide bonds. The Morgan fingerprint density at radius 3 is 2.41 bits per heavy atom. The summed E-state index contributed by atoms with van der Waals surface area (Å²) < 4.78 is 27.6. The molecule has 0 aliphatic heterocycles. The fraction of sp³-hybridized carbons (Fsp3) is 0.158. The van der Waals surface area contributed by atoms with Crippen LogP contribution in [0.1, 0.15) is 16.7 Å². The highest BCUT2D eigenvalue weighted by Gasteiger charge is 2.17. The second-order valence-electron chi connectivity index (χ2n) is 6.20. The summed E-state index contributed by atoms with van der Waals surface area (Å²) in [5.74, 6) is -0.140. The van der Waals surface area contributed by atoms with Crippen molar-refractivity contribution in [3.8, 4) is 11.3 Å². The second-order valence-corrected chi connectivity index (χ2v) is 7.89. The fourth-order valence-electron chi connectivity index (χ4n) is 2.88. The molecule has 8 heteroatoms. The van der Waals surface area contributed by atoms with Crippen LogP contribution in [0.4, 0.5) is 5.95 Å². The lowest BCUT2D eigenvalue weighted by molar-refractivity contribution is 0.600. The van der Waals surface area contributed by atoms with Crippen LogP contribution in [0.25, 0.3) is 11.3 Å². The lowest BCUT2D eigenvalue weighted by Gasteiger charge is -2.12. The molecule has 0 saturated carbocycles. The number of hydrogen-bond acceptors (Lipinski definition) is 5. The van der Waals surface area contributed by atoms with Crippen LogP contribution in [0, 0.1) is 13.8 Å². The summed E-state index contributed by atoms with van der Waals surface area (Å²) in [6, 6.07) is 13.4. The maximum absolute atomic E-state index is 12.6. The predicted octanol–water partition coefficient (Wildman–Crippen LogP) is 2.31. The van der Waals surface area contributed by atoms with E-state index in [0.717, 1.165) is 16.7 Å². The minimum Gasteiger partial charge on any atom is -0.326 e. The van der Waals surface area contributed by atoms with Gasteiger partial charge in [0, 0.05) is 18.2 Å². The number of nitrogens with zero attached hydrogens (tertiary/aromatic N) is 1. The molecule has 0 aliphatic carbocycles. The molecule has 7 nitrogen and oxygen atoms in total. The summed E-state index contributed by atoms with van der Waals surface area (Å²) in [6.45, 7) is 4.04. The van der Waals surface area contributed by atoms with Crippen molar-refractivity contribution < 1.29 is 8.42 Å². The minimum atomic E-state index is -3.92. The van der Waals surface area contributed by atoms with Crippen molar-refractivity contribution in [1.82, 2.24) is 9.97 Å². The zero-order valence-corrected chi connectivity index (χ0v) is 15.8. The first kappa shape index (κ1) is 18.8. The van der Waals surface area contributed by atoms with E-state index in [4.69, 9.17) is 5.73 Å². The molecule has 0 bridgehead atoms. The number of nitrogens with two attached hydrogens (primary N) is 1. The smallest absolute Gasteiger partial charge is 0.264 e. The summed E-state index contributed by atoms with van der Waals surface area (Å²) in [4.78, 5) is 18.9. The average Bonchev–Trinajstić information content (AvgIpc) is 2.61. The lowest BCUT2D eigenvalue weighted by Crippen LogP contribution is -2.19. The van der Waals surface area contributed by atoms with Crippen molar-refractivity contribution in [3.63, 3.8) is 0 Å². The van der Waals surface area contributed by atoms with E-state index < -0.39 is 15.6 Å². The quantitative estimate of drug-likeness (QED) is 0.624. The van der Waals surface area contributed by atoms with E-state index in [-0.39, 0.29) is 17.4 Å². The van der Waals surface area contributed by atoms with Crippen LogP contribution >= 0.6 is 0 Å². The van der Waals surface area contributed by atoms with Gasteiger partial charge in [-0.3, -0.25) is 9.78 Å². The summed E-state index contributed by atoms with van der Waals surface area (Å²) in [7, 11) is -3.92. The topological polar surface area (TPSA) is 118 Å². The molecule has 0 atom stereocenters. The van der Waals surface area contributed by atoms with Gasteiger partial charge in [-0.05, 0) is 42.7 Å². The molecule has 0 aliphatic rings. The standard InChI is InChI=1S/C19H20N4O3S/c1-12-5-3-6-13(2)18(12)16-10-17(24)22-19(21-16)23-27(25,26)15-8-4-7-14(9-15)11-20/h3-10H,11,20H2,1-2H3,(H2,21,22,23,24). The van der Waals surface area contributed by atoms with Crippen molar-refractivity contribution >= 4 is 16.0 Å². The number of aromatic amines is 1. The van der Waals surface area contributed by atoms with Gasteiger partial charge in [-0.15, -0.1) is 0 Å². The van der Waals surface area contributed by atoms with E-state index in [1.165, 1.54) is 18.2 Å². The molecule has 27 heavy (non-hydrogen) atoms. The van der Waals surface area contributed by atoms with Crippen molar-refractivity contribution in [1.29, 1.82) is 0 Å². The molecule has 1 aromatic heterocycles. The zero-order valence-electron chi connectivity index (χ0n) is 15.0. The number of anilines is 1. The predicted molar refractivity (Wildman–Crippen MR) is 105 cm³/mol. The first-order chi connectivity index (χ1) is 12.8. The van der Waals surface area contributed by atoms with Crippen molar-refractivity contribution in [3.05, 3.63) is 75.6 Å². The van der Waals surface area contributed by atoms with Crippen LogP contribution in [0.5, 0.6) is 0 Å². The maximum atomic E-state index is 12.6. The number of nitrogens with one attached hydrogen (secondary N) is 2. The van der Waals surface area contributed by atoms with E-state index in [9.17, 15) is 13.2 Å². The van der Waals surface area contributed by atoms with Gasteiger partial charge in [-0.2, -0.15) is 0 Å². The van der Waals surface area contributed by atoms with Gasteiger partial charge in [-0.25, -0.2) is 18.1 Å². The van der Waals surface area contributed by atoms with Crippen molar-refractivity contribution in [2.45, 2.75) is 25.3 Å². The molecular formula is C19H20N4O3S. The molecule has 3 rings (SSSR count). The Morgan fingerprint density at radius 1 is 1.07 bits per heavy atom. The lowest BCUT2D eigenvalue weighted by atomic mass is 10.00. The molecule has 1 heterocycles. The Labute approximate surface area is 157 Å². The average molecular weight is 384 g/mol. The molecule has 0 radical (unpaired) electrons. The number of rotatable bonds is 5. The van der Waals surface area contributed by atoms with E-state index in [0.29, 0.717) is 11.3 Å². The Kier molecular flexibility index (Phi) is 5.11. The number of aromatic nitrogens is 2. The van der Waals surface area contributed by atoms with Crippen LogP contribution in [0.3, 0.4) is 0 Å². The first-order valence-electron chi connectivity index (χ1n) is 8.30. The largest absolute Gasteiger partial charge is 0.326 e. The number of hydrogen-bond donors (Lipinski definition) is 3. The van der Waals surface area contributed by atoms with Crippen LogP contribution in [0.15, 0.2) is 58.2 Å². The fourth-order valence-corrected chi connectivity index (χ4v) is 3.91. The molecule has 0 unspecified atom stereocenters. The molecule has 0 saturated heterocycles. The normalized spacial score (nSPS) is 11.4. The molecule has 140 valence electrons. The number of aryl methyl sites for hydroxylation is 2. The van der Waals surface area contributed by atoms with Crippen molar-refractivity contribution in [2.75, 3.05) is 4.72 Å². The Hall–Kier alpha value is -2.97. The third-order valence-electron chi connectivity index (χ3n) is 4.15. The molecule has 2 aromatic carbocycles. The van der Waals surface area contributed by atoms with E-state index in [2.05, 4.69) is 14.7 Å². The Balaban J connectivity index is 2.03. The zero-order chi connectivity index (χ0) is 19.6. The van der Waals surface area contributed by atoms with Gasteiger partial charge in [-0.1, -0.05) is 30.3 Å². The van der Waals surface area contributed by atoms with Crippen LogP contribution in [-0.2, 0) is 16.6 Å². The highest BCUT2D eigenvalue weighted by molar-refractivity contribution is 7.92. The van der Waals surface area contributed by atoms with Gasteiger partial charge < -0.3 is 5.73 Å². The minimum absolute atomic E-state index is 0.0468. The van der Waals surface area contributed by atoms with E-state index in [1.54, 1.807) is 12.1 Å². The third-order valence-corrected chi connectivity index (χ3v) is 5.49. The van der Waals surface area contributed by atoms with E-state index >= 15 is 0 Å². The van der Waals surface area contributed by atoms with Crippen LogP contribution in [-0.4, -0.2) is 18.4 Å². The summed E-state index contributed by atoms with van der Waals surface area (Å²) in [5, 5.41) is 0. The summed E-state index contributed by atoms with van der Waals surface area (Å²) in [5.41, 5.74) is 8.90. The maximum Gasteiger partial charge on any atom is 0.264 e. The first-order valence-corrected chi connectivity index (χ1v) is 9.78. The van der Waals surface area contributed by atoms with Gasteiger partial charge in [0.05, 0.1) is 10.6 Å². The molecular weight excluding hydrogens is 364 g/mol. The Morgan fingerprint density at radius 2 is 1.74 bits per heavy atom. The van der Waals surface area contributed by atoms with Gasteiger partial charge in [0.15, 0.2) is 0 Å². The van der Waals surface area contributed by atoms with Gasteiger partial charge in [0.1, 0.15) is 0 Å². The van der Waals surface area contributed by atoms with E-state index in [1.807, 2.05) is 32.0 Å². The van der Waals surface area contributed by atoms with Crippen LogP contribution in [0.2, 0.25) is 0 Å². The second kappa shape index (κ2) is 7.34. The number of sulfonamides is 1. The summed E-state index contributed by atoms with van der Waals surface area (Å²) in [6.07, 6.45) is 0. The number of H-pyrrole nitrogens is 1. The monoisotopic (exact) mass is 384 g/mol. The highest BCUT2D eigenvalue weighted by Crippen LogP contribution is 2.25. The van der Waals surface area contributed by atoms with Gasteiger partial charge in [0.25, 0.3) is 15.6 Å². The molecule has 0 spiro atoms. The SMILES string of the molecule is Cc1cccc(C)c1-c1cc(=O)[nH]c(NS(=O)(=O)c2cccc(CN)c2)n1. The molecule has 0 fully saturated rings. The number of benzene rings is 2. The summed E-state index contributed by atoms with van der Waals surface area (Å²) >= 11 is 0. The van der Waals surface area contributed by atoms with Crippen molar-refractivity contribution in [2.24, 2.45) is 5.73 Å². The Bertz CT molecular complexity index is 1130. The third kappa shape index (κ3) is 4.07. The molecule has 4 N–H and O–H groups in total. The van der Waals surface area contributed by atoms with Crippen LogP contribution < -0.4 is 16.0 Å². The molecule has 3 aromatic rings.